The quantitative estimate of drug-likeness (QED) is 0.634. The molecule has 8 heteroatoms. The molecule has 7 nitrogen and oxygen atoms in total. The molecule has 0 saturated heterocycles. The molecule has 2 aliphatic carbocycles. The number of amidine groups is 1. The lowest BCUT2D eigenvalue weighted by Crippen LogP contribution is -2.46. The van der Waals surface area contributed by atoms with Gasteiger partial charge < -0.3 is 20.3 Å². The highest BCUT2D eigenvalue weighted by molar-refractivity contribution is 6.31. The monoisotopic (exact) mass is 469 g/mol. The number of hydrogen-bond donors (Lipinski definition) is 2. The minimum atomic E-state index is -2.08. The summed E-state index contributed by atoms with van der Waals surface area (Å²) in [4.78, 5) is 13.1. The summed E-state index contributed by atoms with van der Waals surface area (Å²) >= 11 is 6.24. The average molecular weight is 470 g/mol. The highest BCUT2D eigenvalue weighted by Crippen LogP contribution is 2.61. The Morgan fingerprint density at radius 3 is 2.67 bits per heavy atom. The SMILES string of the molecule is O=CO.[2H]C1([2H])OC(N)=NC12c1cc(-c3cc(Cl)cc(C#N)c3)ccc1C[C@]21CC[C@@H](OC)CC1. The van der Waals surface area contributed by atoms with Gasteiger partial charge in [0.2, 0.25) is 0 Å². The number of rotatable bonds is 2. The molecule has 0 amide bonds. The Hall–Kier alpha value is -3.08. The number of ether oxygens (including phenoxy) is 2. The Kier molecular flexibility index (Phi) is 5.63. The van der Waals surface area contributed by atoms with Gasteiger partial charge >= 0.3 is 0 Å². The molecule has 1 saturated carbocycles. The number of methoxy groups -OCH3 is 1. The molecule has 0 bridgehead atoms. The first-order chi connectivity index (χ1) is 16.6. The van der Waals surface area contributed by atoms with Crippen molar-refractivity contribution in [2.45, 2.75) is 43.7 Å². The second-order valence-corrected chi connectivity index (χ2v) is 9.01. The highest BCUT2D eigenvalue weighted by Gasteiger charge is 2.61. The molecule has 1 unspecified atom stereocenters. The number of carbonyl (C=O) groups is 1. The van der Waals surface area contributed by atoms with Crippen LogP contribution in [0.3, 0.4) is 0 Å². The number of halogens is 1. The number of nitrogens with two attached hydrogens (primary N) is 1. The molecule has 2 spiro atoms. The summed E-state index contributed by atoms with van der Waals surface area (Å²) in [5.41, 5.74) is 8.28. The predicted molar refractivity (Wildman–Crippen MR) is 125 cm³/mol. The van der Waals surface area contributed by atoms with Crippen LogP contribution in [0.15, 0.2) is 41.4 Å². The van der Waals surface area contributed by atoms with Crippen LogP contribution in [0.5, 0.6) is 0 Å². The van der Waals surface area contributed by atoms with E-state index in [2.05, 4.69) is 6.07 Å². The van der Waals surface area contributed by atoms with Gasteiger partial charge in [-0.2, -0.15) is 5.26 Å². The smallest absolute Gasteiger partial charge is 0.290 e. The molecule has 1 heterocycles. The Balaban J connectivity index is 0.000000917. The summed E-state index contributed by atoms with van der Waals surface area (Å²) < 4.78 is 28.8. The van der Waals surface area contributed by atoms with Crippen molar-refractivity contribution in [2.75, 3.05) is 13.7 Å². The molecule has 1 fully saturated rings. The predicted octanol–water partition coefficient (Wildman–Crippen LogP) is 4.25. The van der Waals surface area contributed by atoms with Crippen LogP contribution in [0.1, 0.15) is 45.1 Å². The van der Waals surface area contributed by atoms with Crippen molar-refractivity contribution in [1.29, 1.82) is 5.26 Å². The number of carboxylic acid groups (broad SMARTS) is 1. The molecule has 0 radical (unpaired) electrons. The van der Waals surface area contributed by atoms with Crippen LogP contribution in [0.25, 0.3) is 11.1 Å². The number of fused-ring (bicyclic) bond motifs is 3. The molecular formula is C25H26ClN3O4. The van der Waals surface area contributed by atoms with Crippen molar-refractivity contribution in [1.82, 2.24) is 0 Å². The van der Waals surface area contributed by atoms with E-state index < -0.39 is 17.5 Å². The van der Waals surface area contributed by atoms with Gasteiger partial charge in [0, 0.05) is 17.5 Å². The van der Waals surface area contributed by atoms with E-state index in [0.717, 1.165) is 47.9 Å². The van der Waals surface area contributed by atoms with Gasteiger partial charge in [-0.1, -0.05) is 23.7 Å². The largest absolute Gasteiger partial charge is 0.483 e. The molecule has 3 N–H and O–H groups in total. The van der Waals surface area contributed by atoms with Gasteiger partial charge in [-0.05, 0) is 78.6 Å². The Bertz CT molecular complexity index is 1220. The number of nitrogens with zero attached hydrogens (tertiary/aromatic N) is 2. The molecule has 1 aliphatic heterocycles. The lowest BCUT2D eigenvalue weighted by Gasteiger charge is -2.45. The van der Waals surface area contributed by atoms with Gasteiger partial charge in [-0.3, -0.25) is 4.79 Å². The molecule has 172 valence electrons. The number of hydrogen-bond acceptors (Lipinski definition) is 6. The third-order valence-electron chi connectivity index (χ3n) is 6.96. The van der Waals surface area contributed by atoms with Crippen LogP contribution < -0.4 is 5.73 Å². The number of aliphatic imine (C=N–C) groups is 1. The first-order valence-corrected chi connectivity index (χ1v) is 11.0. The van der Waals surface area contributed by atoms with Crippen LogP contribution in [0, 0.1) is 16.7 Å². The minimum absolute atomic E-state index is 0.115. The first kappa shape index (κ1) is 20.5. The maximum Gasteiger partial charge on any atom is 0.290 e. The lowest BCUT2D eigenvalue weighted by molar-refractivity contribution is -0.122. The van der Waals surface area contributed by atoms with Gasteiger partial charge in [-0.25, -0.2) is 4.99 Å². The summed E-state index contributed by atoms with van der Waals surface area (Å²) in [5.74, 6) is 0. The first-order valence-electron chi connectivity index (χ1n) is 11.6. The van der Waals surface area contributed by atoms with E-state index >= 15 is 0 Å². The zero-order valence-electron chi connectivity index (χ0n) is 20.2. The Morgan fingerprint density at radius 2 is 2.06 bits per heavy atom. The van der Waals surface area contributed by atoms with Gasteiger partial charge in [0.05, 0.1) is 20.5 Å². The van der Waals surface area contributed by atoms with E-state index in [9.17, 15) is 5.26 Å². The third-order valence-corrected chi connectivity index (χ3v) is 7.18. The van der Waals surface area contributed by atoms with E-state index in [1.807, 2.05) is 24.3 Å². The van der Waals surface area contributed by atoms with Crippen LogP contribution >= 0.6 is 11.6 Å². The zero-order chi connectivity index (χ0) is 25.4. The van der Waals surface area contributed by atoms with Crippen molar-refractivity contribution < 1.29 is 22.1 Å². The summed E-state index contributed by atoms with van der Waals surface area (Å²) in [7, 11) is 1.72. The van der Waals surface area contributed by atoms with Gasteiger partial charge in [0.25, 0.3) is 12.5 Å². The highest BCUT2D eigenvalue weighted by atomic mass is 35.5. The molecule has 2 aromatic carbocycles. The minimum Gasteiger partial charge on any atom is -0.483 e. The van der Waals surface area contributed by atoms with Crippen molar-refractivity contribution in [3.63, 3.8) is 0 Å². The molecule has 0 aromatic heterocycles. The number of nitriles is 1. The van der Waals surface area contributed by atoms with Gasteiger partial charge in [0.15, 0.2) is 0 Å². The molecule has 1 atom stereocenters. The normalized spacial score (nSPS) is 29.6. The summed E-state index contributed by atoms with van der Waals surface area (Å²) in [6.45, 7) is -2.33. The molecule has 2 aromatic rings. The van der Waals surface area contributed by atoms with E-state index in [-0.39, 0.29) is 18.6 Å². The van der Waals surface area contributed by atoms with Crippen molar-refractivity contribution in [3.8, 4) is 17.2 Å². The fourth-order valence-corrected chi connectivity index (χ4v) is 5.68. The fourth-order valence-electron chi connectivity index (χ4n) is 5.44. The molecule has 3 aliphatic rings. The van der Waals surface area contributed by atoms with Crippen molar-refractivity contribution in [3.05, 3.63) is 58.1 Å². The maximum atomic E-state index is 9.34. The summed E-state index contributed by atoms with van der Waals surface area (Å²) in [6.07, 6.45) is 4.09. The molecule has 33 heavy (non-hydrogen) atoms. The van der Waals surface area contributed by atoms with Crippen LogP contribution in [0.4, 0.5) is 0 Å². The standard InChI is InChI=1S/C24H24ClN3O2.CH2O2/c1-29-20-4-6-23(7-5-20)12-17-3-2-16(18-8-15(13-26)9-19(25)10-18)11-21(17)24(23)14-30-22(27)28-24;2-1-3/h2-3,8-11,20H,4-7,12,14H2,1H3,(H2,27,28);1H,(H,2,3)/t20-,23-,24?;/i14D2;. The van der Waals surface area contributed by atoms with Crippen LogP contribution in [-0.2, 0) is 26.2 Å². The lowest BCUT2D eigenvalue weighted by atomic mass is 9.62. The Labute approximate surface area is 200 Å². The number of benzene rings is 2. The molecule has 5 rings (SSSR count). The third kappa shape index (κ3) is 3.94. The fraction of sp³-hybridized carbons (Fsp3) is 0.400. The van der Waals surface area contributed by atoms with Crippen molar-refractivity contribution in [2.24, 2.45) is 16.1 Å². The van der Waals surface area contributed by atoms with E-state index in [0.29, 0.717) is 17.0 Å². The molecular weight excluding hydrogens is 442 g/mol. The van der Waals surface area contributed by atoms with E-state index in [1.54, 1.807) is 19.2 Å². The Morgan fingerprint density at radius 1 is 1.33 bits per heavy atom. The van der Waals surface area contributed by atoms with Gasteiger partial charge in [-0.15, -0.1) is 0 Å². The van der Waals surface area contributed by atoms with Crippen LogP contribution in [-0.4, -0.2) is 37.4 Å². The summed E-state index contributed by atoms with van der Waals surface area (Å²) in [5, 5.41) is 16.7. The van der Waals surface area contributed by atoms with Crippen LogP contribution in [0.2, 0.25) is 5.02 Å². The van der Waals surface area contributed by atoms with E-state index in [1.165, 1.54) is 0 Å². The van der Waals surface area contributed by atoms with Crippen molar-refractivity contribution >= 4 is 24.1 Å². The summed E-state index contributed by atoms with van der Waals surface area (Å²) in [6, 6.07) is 13.3. The average Bonchev–Trinajstić information content (AvgIpc) is 3.24. The topological polar surface area (TPSA) is 118 Å². The maximum absolute atomic E-state index is 9.34. The van der Waals surface area contributed by atoms with Gasteiger partial charge in [0.1, 0.15) is 12.1 Å². The second kappa shape index (κ2) is 9.05. The van der Waals surface area contributed by atoms with E-state index in [4.69, 9.17) is 44.4 Å². The zero-order valence-corrected chi connectivity index (χ0v) is 18.9. The second-order valence-electron chi connectivity index (χ2n) is 8.57.